The average molecular weight is 1080 g/mol. The summed E-state index contributed by atoms with van der Waals surface area (Å²) in [7, 11) is 0. The van der Waals surface area contributed by atoms with E-state index in [1.54, 1.807) is 71.9 Å². The van der Waals surface area contributed by atoms with Crippen LogP contribution in [0.2, 0.25) is 0 Å². The number of rotatable bonds is 37. The molecule has 75 heavy (non-hydrogen) atoms. The summed E-state index contributed by atoms with van der Waals surface area (Å²) in [5, 5.41) is 22.5. The zero-order valence-electron chi connectivity index (χ0n) is 44.3. The zero-order chi connectivity index (χ0) is 54.4. The fraction of sp³-hybridized carbons (Fsp3) is 0.604. The molecule has 0 spiro atoms. The maximum atomic E-state index is 13.2. The van der Waals surface area contributed by atoms with Crippen LogP contribution in [0.4, 0.5) is 21.0 Å². The molecule has 0 bridgehead atoms. The number of alkyl carbamates (subject to hydrolysis) is 1. The van der Waals surface area contributed by atoms with E-state index in [1.807, 2.05) is 24.3 Å². The van der Waals surface area contributed by atoms with Crippen LogP contribution >= 0.6 is 11.6 Å². The fourth-order valence-corrected chi connectivity index (χ4v) is 7.68. The predicted octanol–water partition coefficient (Wildman–Crippen LogP) is 5.87. The van der Waals surface area contributed by atoms with E-state index in [1.165, 1.54) is 4.90 Å². The number of hydrogen-bond acceptors (Lipinski definition) is 15. The molecule has 5 N–H and O–H groups in total. The summed E-state index contributed by atoms with van der Waals surface area (Å²) in [4.78, 5) is 64.0. The first-order valence-electron chi connectivity index (χ1n) is 25.4. The molecular weight excluding hydrogens is 998 g/mol. The van der Waals surface area contributed by atoms with Gasteiger partial charge < -0.3 is 73.7 Å². The van der Waals surface area contributed by atoms with Gasteiger partial charge in [0.2, 0.25) is 17.7 Å². The van der Waals surface area contributed by atoms with E-state index in [0.29, 0.717) is 122 Å². The Morgan fingerprint density at radius 2 is 1.19 bits per heavy atom. The molecule has 0 aromatic heterocycles. The summed E-state index contributed by atoms with van der Waals surface area (Å²) < 4.78 is 55.3. The largest absolute Gasteiger partial charge is 0.488 e. The van der Waals surface area contributed by atoms with Gasteiger partial charge in [0.1, 0.15) is 30.0 Å². The number of ether oxygens (including phenoxy) is 10. The quantitative estimate of drug-likeness (QED) is 0.0335. The average Bonchev–Trinajstić information content (AvgIpc) is 3.76. The standard InChI is InChI=1S/C53H78ClN5O16/c1-37(2)48(58-46(60)15-17-66-19-21-68-23-25-70-27-29-72-31-32-73-30-28-71-26-24-69-22-20-67-18-16-55-51(63)75-53(4,5)6)50(62)56-38(3)49(61)57-41-13-11-39(12-14-41)36-74-45-33-44-47(43-10-8-7-9-42(43)45)40(34-54)35-59(44)52(64)65/h7-14,33,37-38,40,48H,15-32,34-36H2,1-6H3,(H,55,63)(H,56,62)(H,57,61)(H,58,60)(H,64,65)/t38-,40+,48-/m0/s1. The lowest BCUT2D eigenvalue weighted by molar-refractivity contribution is -0.132. The van der Waals surface area contributed by atoms with Crippen molar-refractivity contribution >= 4 is 63.7 Å². The predicted molar refractivity (Wildman–Crippen MR) is 282 cm³/mol. The molecular formula is C53H78ClN5O16. The van der Waals surface area contributed by atoms with Crippen molar-refractivity contribution in [2.45, 2.75) is 78.2 Å². The molecule has 0 saturated heterocycles. The lowest BCUT2D eigenvalue weighted by Crippen LogP contribution is -2.53. The molecule has 0 aliphatic carbocycles. The van der Waals surface area contributed by atoms with Crippen LogP contribution in [-0.4, -0.2) is 177 Å². The fourth-order valence-electron chi connectivity index (χ4n) is 7.43. The Hall–Kier alpha value is -5.36. The van der Waals surface area contributed by atoms with Crippen LogP contribution < -0.4 is 30.9 Å². The first-order chi connectivity index (χ1) is 36.1. The summed E-state index contributed by atoms with van der Waals surface area (Å²) in [6.07, 6.45) is -1.49. The van der Waals surface area contributed by atoms with Crippen molar-refractivity contribution in [3.05, 3.63) is 65.7 Å². The molecule has 22 heteroatoms. The van der Waals surface area contributed by atoms with Crippen molar-refractivity contribution < 1.29 is 76.4 Å². The molecule has 0 radical (unpaired) electrons. The van der Waals surface area contributed by atoms with Crippen LogP contribution in [0.15, 0.2) is 54.6 Å². The third-order valence-corrected chi connectivity index (χ3v) is 11.5. The number of fused-ring (bicyclic) bond motifs is 3. The molecule has 4 rings (SSSR count). The van der Waals surface area contributed by atoms with E-state index < -0.39 is 41.7 Å². The molecule has 1 aliphatic heterocycles. The summed E-state index contributed by atoms with van der Waals surface area (Å²) in [5.41, 5.74) is 2.24. The first-order valence-corrected chi connectivity index (χ1v) is 25.9. The second-order valence-corrected chi connectivity index (χ2v) is 19.0. The summed E-state index contributed by atoms with van der Waals surface area (Å²) in [6, 6.07) is 14.7. The highest BCUT2D eigenvalue weighted by molar-refractivity contribution is 6.19. The molecule has 1 heterocycles. The molecule has 3 aromatic rings. The van der Waals surface area contributed by atoms with Gasteiger partial charge in [-0.2, -0.15) is 0 Å². The maximum Gasteiger partial charge on any atom is 0.411 e. The van der Waals surface area contributed by atoms with Crippen molar-refractivity contribution in [1.82, 2.24) is 16.0 Å². The molecule has 0 saturated carbocycles. The molecule has 0 fully saturated rings. The van der Waals surface area contributed by atoms with Crippen molar-refractivity contribution in [2.75, 3.05) is 135 Å². The lowest BCUT2D eigenvalue weighted by atomic mass is 9.95. The van der Waals surface area contributed by atoms with Gasteiger partial charge in [-0.25, -0.2) is 9.59 Å². The van der Waals surface area contributed by atoms with Gasteiger partial charge >= 0.3 is 12.2 Å². The summed E-state index contributed by atoms with van der Waals surface area (Å²) >= 11 is 6.25. The SMILES string of the molecule is CC(C)[C@H](NC(=O)CCOCCOCCOCCOCCOCCOCCOCCOCCNC(=O)OC(C)(C)C)C(=O)N[C@@H](C)C(=O)Nc1ccc(COc2cc3c(c4ccccc24)[C@H](CCl)CN3C(=O)O)cc1. The van der Waals surface area contributed by atoms with Crippen LogP contribution in [-0.2, 0) is 63.6 Å². The number of benzene rings is 3. The molecule has 0 unspecified atom stereocenters. The van der Waals surface area contributed by atoms with Gasteiger partial charge in [0, 0.05) is 48.4 Å². The van der Waals surface area contributed by atoms with Gasteiger partial charge in [-0.3, -0.25) is 19.3 Å². The number of carbonyl (C=O) groups is 5. The van der Waals surface area contributed by atoms with Gasteiger partial charge in [-0.05, 0) is 62.3 Å². The number of carbonyl (C=O) groups excluding carboxylic acids is 4. The number of nitrogens with zero attached hydrogens (tertiary/aromatic N) is 1. The minimum atomic E-state index is -1.05. The van der Waals surface area contributed by atoms with E-state index >= 15 is 0 Å². The molecule has 21 nitrogen and oxygen atoms in total. The maximum absolute atomic E-state index is 13.2. The third kappa shape index (κ3) is 23.6. The highest BCUT2D eigenvalue weighted by atomic mass is 35.5. The highest BCUT2D eigenvalue weighted by Crippen LogP contribution is 2.45. The van der Waals surface area contributed by atoms with Gasteiger partial charge in [0.25, 0.3) is 0 Å². The Morgan fingerprint density at radius 3 is 1.68 bits per heavy atom. The minimum Gasteiger partial charge on any atom is -0.488 e. The second kappa shape index (κ2) is 34.3. The van der Waals surface area contributed by atoms with Crippen LogP contribution in [0.3, 0.4) is 0 Å². The number of nitrogens with one attached hydrogen (secondary N) is 4. The Bertz CT molecular complexity index is 2200. The van der Waals surface area contributed by atoms with Gasteiger partial charge in [-0.1, -0.05) is 50.2 Å². The van der Waals surface area contributed by atoms with E-state index in [0.717, 1.165) is 21.9 Å². The smallest absolute Gasteiger partial charge is 0.411 e. The number of halogens is 1. The van der Waals surface area contributed by atoms with Crippen LogP contribution in [0.25, 0.3) is 10.8 Å². The number of alkyl halides is 1. The zero-order valence-corrected chi connectivity index (χ0v) is 45.0. The topological polar surface area (TPSA) is 249 Å². The van der Waals surface area contributed by atoms with Crippen molar-refractivity contribution in [1.29, 1.82) is 0 Å². The molecule has 3 atom stereocenters. The van der Waals surface area contributed by atoms with Crippen molar-refractivity contribution in [3.8, 4) is 5.75 Å². The Labute approximate surface area is 445 Å². The number of carboxylic acid groups (broad SMARTS) is 1. The van der Waals surface area contributed by atoms with Gasteiger partial charge in [0.05, 0.1) is 111 Å². The lowest BCUT2D eigenvalue weighted by Gasteiger charge is -2.24. The van der Waals surface area contributed by atoms with Crippen molar-refractivity contribution in [3.63, 3.8) is 0 Å². The Kier molecular flexibility index (Phi) is 28.5. The van der Waals surface area contributed by atoms with Crippen LogP contribution in [0, 0.1) is 5.92 Å². The normalized spacial score (nSPS) is 14.1. The monoisotopic (exact) mass is 1080 g/mol. The van der Waals surface area contributed by atoms with E-state index in [9.17, 15) is 29.1 Å². The number of anilines is 2. The number of hydrogen-bond donors (Lipinski definition) is 5. The molecule has 418 valence electrons. The minimum absolute atomic E-state index is 0.0335. The summed E-state index contributed by atoms with van der Waals surface area (Å²) in [6.45, 7) is 17.5. The Balaban J connectivity index is 0.961. The van der Waals surface area contributed by atoms with Gasteiger partial charge in [0.15, 0.2) is 0 Å². The van der Waals surface area contributed by atoms with E-state index in [2.05, 4.69) is 21.3 Å². The van der Waals surface area contributed by atoms with Crippen LogP contribution in [0.1, 0.15) is 65.0 Å². The van der Waals surface area contributed by atoms with E-state index in [-0.39, 0.29) is 50.5 Å². The van der Waals surface area contributed by atoms with Crippen molar-refractivity contribution in [2.24, 2.45) is 5.92 Å². The number of amides is 5. The van der Waals surface area contributed by atoms with Crippen LogP contribution in [0.5, 0.6) is 5.75 Å². The first kappa shape index (κ1) is 62.2. The van der Waals surface area contributed by atoms with E-state index in [4.69, 9.17) is 59.0 Å². The molecule has 1 aliphatic rings. The highest BCUT2D eigenvalue weighted by Gasteiger charge is 2.35. The van der Waals surface area contributed by atoms with Gasteiger partial charge in [-0.15, -0.1) is 11.6 Å². The Morgan fingerprint density at radius 1 is 0.680 bits per heavy atom. The molecule has 5 amide bonds. The second-order valence-electron chi connectivity index (χ2n) is 18.7. The third-order valence-electron chi connectivity index (χ3n) is 11.2. The summed E-state index contributed by atoms with van der Waals surface area (Å²) in [5.74, 6) is -0.857. The molecule has 3 aromatic carbocycles.